The number of hydrogen-bond donors (Lipinski definition) is 1. The summed E-state index contributed by atoms with van der Waals surface area (Å²) in [7, 11) is 0. The van der Waals surface area contributed by atoms with Crippen molar-refractivity contribution in [2.45, 2.75) is 6.42 Å². The van der Waals surface area contributed by atoms with Crippen LogP contribution >= 0.6 is 34.8 Å². The maximum absolute atomic E-state index is 5.96. The largest absolute Gasteiger partial charge is 0.385 e. The number of rotatable bonds is 4. The first-order valence-corrected chi connectivity index (χ1v) is 6.72. The van der Waals surface area contributed by atoms with Crippen LogP contribution in [0.5, 0.6) is 0 Å². The highest BCUT2D eigenvalue weighted by Crippen LogP contribution is 2.22. The van der Waals surface area contributed by atoms with E-state index in [1.54, 1.807) is 0 Å². The Bertz CT molecular complexity index is 523. The molecular formula is C14H12Cl3N. The molecule has 2 aromatic carbocycles. The summed E-state index contributed by atoms with van der Waals surface area (Å²) in [4.78, 5) is 0. The first kappa shape index (κ1) is 13.5. The maximum Gasteiger partial charge on any atom is 0.0595 e. The van der Waals surface area contributed by atoms with E-state index in [0.717, 1.165) is 29.2 Å². The monoisotopic (exact) mass is 299 g/mol. The van der Waals surface area contributed by atoms with Crippen LogP contribution in [0.4, 0.5) is 5.69 Å². The Morgan fingerprint density at radius 1 is 0.833 bits per heavy atom. The molecule has 0 fully saturated rings. The van der Waals surface area contributed by atoms with Crippen molar-refractivity contribution >= 4 is 40.5 Å². The predicted molar refractivity (Wildman–Crippen MR) is 80.1 cm³/mol. The number of hydrogen-bond acceptors (Lipinski definition) is 1. The van der Waals surface area contributed by atoms with Gasteiger partial charge in [0.25, 0.3) is 0 Å². The van der Waals surface area contributed by atoms with Gasteiger partial charge in [-0.25, -0.2) is 0 Å². The zero-order valence-electron chi connectivity index (χ0n) is 9.59. The summed E-state index contributed by atoms with van der Waals surface area (Å²) in [6, 6.07) is 13.3. The number of benzene rings is 2. The van der Waals surface area contributed by atoms with Crippen LogP contribution in [-0.4, -0.2) is 6.54 Å². The van der Waals surface area contributed by atoms with Gasteiger partial charge in [-0.1, -0.05) is 40.9 Å². The van der Waals surface area contributed by atoms with Gasteiger partial charge in [-0.15, -0.1) is 0 Å². The lowest BCUT2D eigenvalue weighted by molar-refractivity contribution is 1.02. The van der Waals surface area contributed by atoms with Crippen LogP contribution in [0.25, 0.3) is 0 Å². The molecule has 4 heteroatoms. The minimum atomic E-state index is 0.589. The van der Waals surface area contributed by atoms with Crippen LogP contribution in [0.2, 0.25) is 15.1 Å². The van der Waals surface area contributed by atoms with E-state index in [1.807, 2.05) is 42.5 Å². The molecule has 0 atom stereocenters. The SMILES string of the molecule is Clc1ccc(NCCc2ccc(Cl)c(Cl)c2)cc1. The molecule has 0 aliphatic carbocycles. The van der Waals surface area contributed by atoms with Crippen molar-refractivity contribution in [3.8, 4) is 0 Å². The first-order chi connectivity index (χ1) is 8.65. The van der Waals surface area contributed by atoms with Gasteiger partial charge < -0.3 is 5.32 Å². The van der Waals surface area contributed by atoms with E-state index in [1.165, 1.54) is 0 Å². The second-order valence-electron chi connectivity index (χ2n) is 3.93. The van der Waals surface area contributed by atoms with Crippen LogP contribution in [-0.2, 0) is 6.42 Å². The summed E-state index contributed by atoms with van der Waals surface area (Å²) >= 11 is 17.6. The van der Waals surface area contributed by atoms with Crippen molar-refractivity contribution in [2.24, 2.45) is 0 Å². The molecule has 0 aromatic heterocycles. The van der Waals surface area contributed by atoms with Gasteiger partial charge in [0.1, 0.15) is 0 Å². The minimum absolute atomic E-state index is 0.589. The Morgan fingerprint density at radius 3 is 2.22 bits per heavy atom. The normalized spacial score (nSPS) is 10.4. The van der Waals surface area contributed by atoms with Gasteiger partial charge in [0.15, 0.2) is 0 Å². The van der Waals surface area contributed by atoms with E-state index in [2.05, 4.69) is 5.32 Å². The predicted octanol–water partition coefficient (Wildman–Crippen LogP) is 5.30. The standard InChI is InChI=1S/C14H12Cl3N/c15-11-2-4-12(5-3-11)18-8-7-10-1-6-13(16)14(17)9-10/h1-6,9,18H,7-8H2. The topological polar surface area (TPSA) is 12.0 Å². The van der Waals surface area contributed by atoms with Gasteiger partial charge >= 0.3 is 0 Å². The Labute approximate surface area is 122 Å². The Morgan fingerprint density at radius 2 is 1.56 bits per heavy atom. The second-order valence-corrected chi connectivity index (χ2v) is 5.18. The van der Waals surface area contributed by atoms with Gasteiger partial charge in [-0.3, -0.25) is 0 Å². The highest BCUT2D eigenvalue weighted by molar-refractivity contribution is 6.42. The van der Waals surface area contributed by atoms with Gasteiger partial charge in [0, 0.05) is 17.3 Å². The van der Waals surface area contributed by atoms with E-state index in [-0.39, 0.29) is 0 Å². The number of nitrogens with one attached hydrogen (secondary N) is 1. The summed E-state index contributed by atoms with van der Waals surface area (Å²) in [5.41, 5.74) is 2.21. The molecule has 1 N–H and O–H groups in total. The van der Waals surface area contributed by atoms with Crippen molar-refractivity contribution in [1.29, 1.82) is 0 Å². The quantitative estimate of drug-likeness (QED) is 0.807. The zero-order chi connectivity index (χ0) is 13.0. The van der Waals surface area contributed by atoms with E-state index >= 15 is 0 Å². The van der Waals surface area contributed by atoms with E-state index in [4.69, 9.17) is 34.8 Å². The van der Waals surface area contributed by atoms with Crippen molar-refractivity contribution in [2.75, 3.05) is 11.9 Å². The highest BCUT2D eigenvalue weighted by Gasteiger charge is 1.99. The lowest BCUT2D eigenvalue weighted by atomic mass is 10.1. The molecule has 0 heterocycles. The van der Waals surface area contributed by atoms with Crippen LogP contribution in [0, 0.1) is 0 Å². The third-order valence-electron chi connectivity index (χ3n) is 2.57. The first-order valence-electron chi connectivity index (χ1n) is 5.58. The molecule has 0 radical (unpaired) electrons. The van der Waals surface area contributed by atoms with E-state index < -0.39 is 0 Å². The third kappa shape index (κ3) is 3.81. The number of anilines is 1. The molecule has 0 aliphatic heterocycles. The van der Waals surface area contributed by atoms with Crippen LogP contribution in [0.3, 0.4) is 0 Å². The van der Waals surface area contributed by atoms with E-state index in [9.17, 15) is 0 Å². The lowest BCUT2D eigenvalue weighted by Gasteiger charge is -2.07. The summed E-state index contributed by atoms with van der Waals surface area (Å²) < 4.78 is 0. The molecule has 2 rings (SSSR count). The van der Waals surface area contributed by atoms with Crippen molar-refractivity contribution < 1.29 is 0 Å². The fraction of sp³-hybridized carbons (Fsp3) is 0.143. The van der Waals surface area contributed by atoms with Crippen molar-refractivity contribution in [1.82, 2.24) is 0 Å². The molecule has 1 nitrogen and oxygen atoms in total. The highest BCUT2D eigenvalue weighted by atomic mass is 35.5. The van der Waals surface area contributed by atoms with Gasteiger partial charge in [-0.05, 0) is 48.4 Å². The molecule has 0 bridgehead atoms. The van der Waals surface area contributed by atoms with Crippen LogP contribution in [0.15, 0.2) is 42.5 Å². The van der Waals surface area contributed by atoms with Gasteiger partial charge in [-0.2, -0.15) is 0 Å². The minimum Gasteiger partial charge on any atom is -0.385 e. The summed E-state index contributed by atoms with van der Waals surface area (Å²) in [6.45, 7) is 0.833. The maximum atomic E-state index is 5.96. The molecule has 18 heavy (non-hydrogen) atoms. The second kappa shape index (κ2) is 6.33. The number of halogens is 3. The summed E-state index contributed by atoms with van der Waals surface area (Å²) in [5, 5.41) is 5.25. The van der Waals surface area contributed by atoms with Gasteiger partial charge in [0.05, 0.1) is 10.0 Å². The fourth-order valence-electron chi connectivity index (χ4n) is 1.61. The van der Waals surface area contributed by atoms with Gasteiger partial charge in [0.2, 0.25) is 0 Å². The molecule has 2 aromatic rings. The third-order valence-corrected chi connectivity index (χ3v) is 3.56. The lowest BCUT2D eigenvalue weighted by Crippen LogP contribution is -2.04. The average Bonchev–Trinajstić information content (AvgIpc) is 2.36. The molecule has 94 valence electrons. The fourth-order valence-corrected chi connectivity index (χ4v) is 2.06. The van der Waals surface area contributed by atoms with Crippen LogP contribution < -0.4 is 5.32 Å². The molecule has 0 saturated carbocycles. The molecule has 0 saturated heterocycles. The molecule has 0 unspecified atom stereocenters. The smallest absolute Gasteiger partial charge is 0.0595 e. The Balaban J connectivity index is 1.88. The van der Waals surface area contributed by atoms with Crippen LogP contribution in [0.1, 0.15) is 5.56 Å². The van der Waals surface area contributed by atoms with Crippen molar-refractivity contribution in [3.05, 3.63) is 63.1 Å². The van der Waals surface area contributed by atoms with E-state index in [0.29, 0.717) is 10.0 Å². The Kier molecular flexibility index (Phi) is 4.76. The summed E-state index contributed by atoms with van der Waals surface area (Å²) in [6.07, 6.45) is 0.888. The van der Waals surface area contributed by atoms with Crippen molar-refractivity contribution in [3.63, 3.8) is 0 Å². The molecule has 0 spiro atoms. The zero-order valence-corrected chi connectivity index (χ0v) is 11.9. The molecule has 0 aliphatic rings. The molecular weight excluding hydrogens is 289 g/mol. The Hall–Kier alpha value is -0.890. The summed E-state index contributed by atoms with van der Waals surface area (Å²) in [5.74, 6) is 0. The molecule has 0 amide bonds. The average molecular weight is 301 g/mol.